The summed E-state index contributed by atoms with van der Waals surface area (Å²) in [6.07, 6.45) is 9.38. The highest BCUT2D eigenvalue weighted by Gasteiger charge is 2.45. The number of hydrogen-bond donors (Lipinski definition) is 0. The first kappa shape index (κ1) is 59.7. The standard InChI is InChI=1S/C69H99F6N9/c70-64-46-10-1-11-47(64)29-80-31-49-13-2-12-48(65(49)71)30-79(28-46)40-58-22-7-24-60(76-58)42-81-32-50-14-3-18-54(66(50)72)36-83(37-55-19-4-15-51(33-81)67(55)73)44-62-26-9-27-63(78-62)45-84-38-56-20-5-16-52(68(56)74)34-82(43-61-25-8-23-59(41-80)77-61)35-53-17-6-21-57(39-84)69(53)75/h7-9,22-27,46-57,64-69H,1-6,10-21,28-45H2. The lowest BCUT2D eigenvalue weighted by Gasteiger charge is -2.44. The van der Waals surface area contributed by atoms with Crippen molar-refractivity contribution in [1.29, 1.82) is 0 Å². The molecule has 24 bridgehead atoms. The van der Waals surface area contributed by atoms with E-state index >= 15 is 26.3 Å². The number of rotatable bonds is 0. The summed E-state index contributed by atoms with van der Waals surface area (Å²) in [6.45, 7) is 9.71. The zero-order valence-corrected chi connectivity index (χ0v) is 50.3. The van der Waals surface area contributed by atoms with E-state index < -0.39 is 37.0 Å². The molecular formula is C69H99F6N9. The van der Waals surface area contributed by atoms with Gasteiger partial charge in [0.15, 0.2) is 0 Å². The lowest BCUT2D eigenvalue weighted by molar-refractivity contribution is -0.00461. The fourth-order valence-corrected chi connectivity index (χ4v) is 19.1. The van der Waals surface area contributed by atoms with Gasteiger partial charge >= 0.3 is 0 Å². The van der Waals surface area contributed by atoms with Crippen LogP contribution in [0.15, 0.2) is 54.6 Å². The van der Waals surface area contributed by atoms with Crippen molar-refractivity contribution >= 4 is 0 Å². The van der Waals surface area contributed by atoms with Crippen molar-refractivity contribution in [3.8, 4) is 0 Å². The van der Waals surface area contributed by atoms with Gasteiger partial charge in [-0.25, -0.2) is 26.3 Å². The monoisotopic (exact) mass is 1170 g/mol. The van der Waals surface area contributed by atoms with Crippen molar-refractivity contribution in [2.75, 3.05) is 78.5 Å². The van der Waals surface area contributed by atoms with Crippen molar-refractivity contribution < 1.29 is 26.3 Å². The molecule has 12 unspecified atom stereocenters. The summed E-state index contributed by atoms with van der Waals surface area (Å²) in [6, 6.07) is 18.5. The van der Waals surface area contributed by atoms with Crippen LogP contribution in [-0.4, -0.2) is 160 Å². The molecule has 0 aromatic carbocycles. The molecular weight excluding hydrogens is 1070 g/mol. The van der Waals surface area contributed by atoms with Gasteiger partial charge in [0.2, 0.25) is 0 Å². The second-order valence-corrected chi connectivity index (χ2v) is 29.4. The van der Waals surface area contributed by atoms with E-state index in [-0.39, 0.29) is 71.0 Å². The number of pyridine rings is 3. The third kappa shape index (κ3) is 14.3. The van der Waals surface area contributed by atoms with E-state index in [1.54, 1.807) is 0 Å². The lowest BCUT2D eigenvalue weighted by atomic mass is 9.76. The zero-order valence-electron chi connectivity index (χ0n) is 50.3. The fourth-order valence-electron chi connectivity index (χ4n) is 19.1. The van der Waals surface area contributed by atoms with E-state index in [4.69, 9.17) is 15.0 Å². The van der Waals surface area contributed by atoms with Gasteiger partial charge < -0.3 is 0 Å². The molecule has 6 aliphatic carbocycles. The average Bonchev–Trinajstić information content (AvgIpc) is 3.61. The van der Waals surface area contributed by atoms with Crippen LogP contribution in [0.4, 0.5) is 26.3 Å². The van der Waals surface area contributed by atoms with Crippen molar-refractivity contribution in [3.63, 3.8) is 0 Å². The largest absolute Gasteiger partial charge is 0.297 e. The van der Waals surface area contributed by atoms with E-state index in [1.807, 2.05) is 0 Å². The van der Waals surface area contributed by atoms with E-state index in [0.29, 0.717) is 118 Å². The quantitative estimate of drug-likeness (QED) is 0.205. The Morgan fingerprint density at radius 1 is 0.226 bits per heavy atom. The summed E-state index contributed by atoms with van der Waals surface area (Å²) in [4.78, 5) is 29.9. The smallest absolute Gasteiger partial charge is 0.108 e. The van der Waals surface area contributed by atoms with Gasteiger partial charge in [0, 0.05) is 189 Å². The highest BCUT2D eigenvalue weighted by molar-refractivity contribution is 5.15. The third-order valence-electron chi connectivity index (χ3n) is 23.1. The van der Waals surface area contributed by atoms with E-state index in [1.165, 1.54) is 0 Å². The van der Waals surface area contributed by atoms with E-state index in [9.17, 15) is 0 Å². The second kappa shape index (κ2) is 27.3. The molecule has 0 spiro atoms. The van der Waals surface area contributed by atoms with Gasteiger partial charge in [0.25, 0.3) is 0 Å². The number of aromatic nitrogens is 3. The molecule has 462 valence electrons. The summed E-state index contributed by atoms with van der Waals surface area (Å²) >= 11 is 0. The minimum absolute atomic E-state index is 0.173. The van der Waals surface area contributed by atoms with Crippen LogP contribution in [0.1, 0.15) is 150 Å². The SMILES string of the molecule is FC1C2CCCC1CN1Cc3cccc(n3)CN3CC4CCCC(CN(Cc5cccc(n5)CN5CC6CCCC(CN(Cc7cccc(n7)CN(C2)CC2CCCC(C1)C2F)CC1CCCC(C5)C1F)C6F)CC1CCCC(C3)C1F)C4F. The molecule has 7 aliphatic heterocycles. The molecule has 9 fully saturated rings. The van der Waals surface area contributed by atoms with Gasteiger partial charge in [-0.05, 0) is 113 Å². The number of hydrogen-bond acceptors (Lipinski definition) is 9. The van der Waals surface area contributed by atoms with Gasteiger partial charge in [-0.1, -0.05) is 56.7 Å². The van der Waals surface area contributed by atoms with Crippen LogP contribution in [0.5, 0.6) is 0 Å². The zero-order chi connectivity index (χ0) is 57.3. The Labute approximate surface area is 498 Å². The Hall–Kier alpha value is -3.21. The Balaban J connectivity index is 0.844. The van der Waals surface area contributed by atoms with Crippen molar-refractivity contribution in [1.82, 2.24) is 44.4 Å². The number of nitrogens with zero attached hydrogens (tertiary/aromatic N) is 9. The van der Waals surface area contributed by atoms with Gasteiger partial charge in [-0.2, -0.15) is 0 Å². The normalized spacial score (nSPS) is 43.8. The molecule has 10 heterocycles. The Kier molecular flexibility index (Phi) is 19.4. The molecule has 15 heteroatoms. The summed E-state index contributed by atoms with van der Waals surface area (Å²) in [5.41, 5.74) is 5.32. The van der Waals surface area contributed by atoms with Crippen LogP contribution in [-0.2, 0) is 39.3 Å². The Bertz CT molecular complexity index is 2080. The van der Waals surface area contributed by atoms with Gasteiger partial charge in [-0.15, -0.1) is 0 Å². The minimum Gasteiger partial charge on any atom is -0.297 e. The predicted molar refractivity (Wildman–Crippen MR) is 319 cm³/mol. The first-order valence-electron chi connectivity index (χ1n) is 34.0. The molecule has 3 saturated heterocycles. The maximum absolute atomic E-state index is 17.4. The molecule has 3 aromatic rings. The van der Waals surface area contributed by atoms with Crippen LogP contribution in [0.3, 0.4) is 0 Å². The first-order chi connectivity index (χ1) is 41.0. The van der Waals surface area contributed by atoms with Gasteiger partial charge in [-0.3, -0.25) is 44.4 Å². The van der Waals surface area contributed by atoms with Crippen LogP contribution in [0, 0.1) is 71.0 Å². The molecule has 6 saturated carbocycles. The van der Waals surface area contributed by atoms with Crippen molar-refractivity contribution in [2.24, 2.45) is 71.0 Å². The molecule has 16 rings (SSSR count). The van der Waals surface area contributed by atoms with Crippen LogP contribution in [0.2, 0.25) is 0 Å². The topological polar surface area (TPSA) is 58.1 Å². The molecule has 12 atom stereocenters. The maximum atomic E-state index is 17.4. The second-order valence-electron chi connectivity index (χ2n) is 29.4. The molecule has 0 amide bonds. The molecule has 13 aliphatic rings. The molecule has 0 N–H and O–H groups in total. The Morgan fingerprint density at radius 2 is 0.357 bits per heavy atom. The van der Waals surface area contributed by atoms with E-state index in [2.05, 4.69) is 84.0 Å². The first-order valence-corrected chi connectivity index (χ1v) is 34.0. The van der Waals surface area contributed by atoms with Gasteiger partial charge in [0.05, 0.1) is 34.2 Å². The minimum atomic E-state index is -0.994. The van der Waals surface area contributed by atoms with E-state index in [0.717, 1.165) is 150 Å². The van der Waals surface area contributed by atoms with Crippen molar-refractivity contribution in [2.45, 2.75) is 192 Å². The third-order valence-corrected chi connectivity index (χ3v) is 23.1. The molecule has 9 nitrogen and oxygen atoms in total. The van der Waals surface area contributed by atoms with Crippen molar-refractivity contribution in [3.05, 3.63) is 88.8 Å². The van der Waals surface area contributed by atoms with Gasteiger partial charge in [0.1, 0.15) is 37.0 Å². The molecule has 3 aromatic heterocycles. The van der Waals surface area contributed by atoms with Crippen LogP contribution >= 0.6 is 0 Å². The molecule has 84 heavy (non-hydrogen) atoms. The summed E-state index contributed by atoms with van der Waals surface area (Å²) in [5.74, 6) is -2.08. The average molecular weight is 1170 g/mol. The highest BCUT2D eigenvalue weighted by atomic mass is 19.2. The number of halogens is 6. The maximum Gasteiger partial charge on any atom is 0.108 e. The summed E-state index contributed by atoms with van der Waals surface area (Å²) in [5, 5.41) is 0. The lowest BCUT2D eigenvalue weighted by Crippen LogP contribution is -2.49. The fraction of sp³-hybridized carbons (Fsp3) is 0.783. The number of alkyl halides is 6. The summed E-state index contributed by atoms with van der Waals surface area (Å²) < 4.78 is 104. The van der Waals surface area contributed by atoms with Crippen LogP contribution in [0.25, 0.3) is 0 Å². The molecule has 0 radical (unpaired) electrons. The Morgan fingerprint density at radius 3 is 0.488 bits per heavy atom. The summed E-state index contributed by atoms with van der Waals surface area (Å²) in [7, 11) is 0. The van der Waals surface area contributed by atoms with Crippen LogP contribution < -0.4 is 0 Å². The predicted octanol–water partition coefficient (Wildman–Crippen LogP) is 12.7. The highest BCUT2D eigenvalue weighted by Crippen LogP contribution is 2.43.